The molecule has 3 aromatic rings. The molecule has 1 aromatic carbocycles. The first kappa shape index (κ1) is 11.9. The van der Waals surface area contributed by atoms with Gasteiger partial charge < -0.3 is 14.9 Å². The molecule has 0 amide bonds. The van der Waals surface area contributed by atoms with Crippen molar-refractivity contribution < 1.29 is 4.74 Å². The van der Waals surface area contributed by atoms with E-state index < -0.39 is 0 Å². The van der Waals surface area contributed by atoms with Gasteiger partial charge in [-0.3, -0.25) is 0 Å². The monoisotopic (exact) mass is 272 g/mol. The van der Waals surface area contributed by atoms with E-state index in [9.17, 15) is 0 Å². The van der Waals surface area contributed by atoms with Crippen LogP contribution in [0.3, 0.4) is 0 Å². The zero-order chi connectivity index (χ0) is 13.2. The SMILES string of the molecule is COc1cccc(Sc2nc(N)cn3ccnc23)c1. The van der Waals surface area contributed by atoms with Gasteiger partial charge in [-0.1, -0.05) is 17.8 Å². The van der Waals surface area contributed by atoms with E-state index in [4.69, 9.17) is 10.5 Å². The van der Waals surface area contributed by atoms with Gasteiger partial charge in [-0.15, -0.1) is 0 Å². The minimum absolute atomic E-state index is 0.468. The topological polar surface area (TPSA) is 65.4 Å². The minimum atomic E-state index is 0.468. The summed E-state index contributed by atoms with van der Waals surface area (Å²) < 4.78 is 7.08. The van der Waals surface area contributed by atoms with Crippen molar-refractivity contribution in [3.05, 3.63) is 42.9 Å². The lowest BCUT2D eigenvalue weighted by Gasteiger charge is -2.06. The van der Waals surface area contributed by atoms with E-state index in [-0.39, 0.29) is 0 Å². The van der Waals surface area contributed by atoms with Gasteiger partial charge in [0.2, 0.25) is 0 Å². The molecule has 0 aliphatic rings. The van der Waals surface area contributed by atoms with E-state index in [0.29, 0.717) is 5.82 Å². The maximum absolute atomic E-state index is 5.80. The van der Waals surface area contributed by atoms with E-state index in [1.165, 1.54) is 11.8 Å². The standard InChI is InChI=1S/C13H12N4OS/c1-18-9-3-2-4-10(7-9)19-13-12-15-5-6-17(12)8-11(14)16-13/h2-8H,14H2,1H3. The van der Waals surface area contributed by atoms with Crippen LogP contribution in [-0.2, 0) is 0 Å². The number of imidazole rings is 1. The summed E-state index contributed by atoms with van der Waals surface area (Å²) in [4.78, 5) is 9.66. The minimum Gasteiger partial charge on any atom is -0.497 e. The van der Waals surface area contributed by atoms with Crippen molar-refractivity contribution in [1.82, 2.24) is 14.4 Å². The van der Waals surface area contributed by atoms with Crippen molar-refractivity contribution in [1.29, 1.82) is 0 Å². The van der Waals surface area contributed by atoms with Crippen LogP contribution >= 0.6 is 11.8 Å². The van der Waals surface area contributed by atoms with Crippen molar-refractivity contribution in [2.24, 2.45) is 0 Å². The summed E-state index contributed by atoms with van der Waals surface area (Å²) in [5, 5.41) is 0.776. The Kier molecular flexibility index (Phi) is 3.00. The molecule has 19 heavy (non-hydrogen) atoms. The van der Waals surface area contributed by atoms with Crippen LogP contribution in [0, 0.1) is 0 Å². The summed E-state index contributed by atoms with van der Waals surface area (Å²) in [5.74, 6) is 1.28. The molecule has 2 heterocycles. The van der Waals surface area contributed by atoms with Crippen LogP contribution in [0.2, 0.25) is 0 Å². The molecule has 0 unspecified atom stereocenters. The second-order valence-electron chi connectivity index (χ2n) is 3.91. The Hall–Kier alpha value is -2.21. The van der Waals surface area contributed by atoms with Crippen molar-refractivity contribution in [2.45, 2.75) is 9.92 Å². The zero-order valence-corrected chi connectivity index (χ0v) is 11.1. The van der Waals surface area contributed by atoms with Gasteiger partial charge in [0.05, 0.1) is 13.3 Å². The summed E-state index contributed by atoms with van der Waals surface area (Å²) >= 11 is 1.51. The molecule has 0 fully saturated rings. The number of methoxy groups -OCH3 is 1. The molecule has 6 heteroatoms. The van der Waals surface area contributed by atoms with Gasteiger partial charge in [0.25, 0.3) is 0 Å². The lowest BCUT2D eigenvalue weighted by Crippen LogP contribution is -1.97. The molecule has 5 nitrogen and oxygen atoms in total. The summed E-state index contributed by atoms with van der Waals surface area (Å²) in [6.45, 7) is 0. The predicted molar refractivity (Wildman–Crippen MR) is 74.5 cm³/mol. The first-order valence-electron chi connectivity index (χ1n) is 5.67. The second kappa shape index (κ2) is 4.81. The molecule has 0 atom stereocenters. The third-order valence-corrected chi connectivity index (χ3v) is 3.57. The number of hydrogen-bond donors (Lipinski definition) is 1. The van der Waals surface area contributed by atoms with Gasteiger partial charge in [0, 0.05) is 17.3 Å². The van der Waals surface area contributed by atoms with Crippen LogP contribution in [0.5, 0.6) is 5.75 Å². The Morgan fingerprint density at radius 1 is 1.37 bits per heavy atom. The smallest absolute Gasteiger partial charge is 0.170 e. The third kappa shape index (κ3) is 2.34. The van der Waals surface area contributed by atoms with Crippen LogP contribution in [-0.4, -0.2) is 21.5 Å². The number of nitrogens with zero attached hydrogens (tertiary/aromatic N) is 3. The average Bonchev–Trinajstić information content (AvgIpc) is 2.87. The highest BCUT2D eigenvalue weighted by Crippen LogP contribution is 2.31. The normalized spacial score (nSPS) is 10.8. The van der Waals surface area contributed by atoms with E-state index in [2.05, 4.69) is 9.97 Å². The van der Waals surface area contributed by atoms with Crippen LogP contribution in [0.25, 0.3) is 5.65 Å². The quantitative estimate of drug-likeness (QED) is 0.793. The van der Waals surface area contributed by atoms with Gasteiger partial charge in [-0.2, -0.15) is 0 Å². The molecule has 0 radical (unpaired) electrons. The number of rotatable bonds is 3. The first-order chi connectivity index (χ1) is 9.26. The van der Waals surface area contributed by atoms with Gasteiger partial charge in [-0.05, 0) is 18.2 Å². The van der Waals surface area contributed by atoms with Crippen molar-refractivity contribution in [2.75, 3.05) is 12.8 Å². The highest BCUT2D eigenvalue weighted by Gasteiger charge is 2.08. The van der Waals surface area contributed by atoms with Gasteiger partial charge in [-0.25, -0.2) is 9.97 Å². The lowest BCUT2D eigenvalue weighted by molar-refractivity contribution is 0.413. The Labute approximate surface area is 114 Å². The van der Waals surface area contributed by atoms with Crippen LogP contribution < -0.4 is 10.5 Å². The maximum Gasteiger partial charge on any atom is 0.170 e. The summed E-state index contributed by atoms with van der Waals surface area (Å²) in [7, 11) is 1.65. The van der Waals surface area contributed by atoms with Crippen molar-refractivity contribution in [3.63, 3.8) is 0 Å². The molecule has 0 saturated heterocycles. The number of hydrogen-bond acceptors (Lipinski definition) is 5. The van der Waals surface area contributed by atoms with E-state index in [1.54, 1.807) is 19.5 Å². The molecule has 2 N–H and O–H groups in total. The van der Waals surface area contributed by atoms with Crippen LogP contribution in [0.15, 0.2) is 52.8 Å². The van der Waals surface area contributed by atoms with Gasteiger partial charge >= 0.3 is 0 Å². The molecule has 0 aliphatic heterocycles. The van der Waals surface area contributed by atoms with Crippen molar-refractivity contribution >= 4 is 23.2 Å². The summed E-state index contributed by atoms with van der Waals surface area (Å²) in [6, 6.07) is 7.80. The van der Waals surface area contributed by atoms with Crippen molar-refractivity contribution in [3.8, 4) is 5.75 Å². The fourth-order valence-corrected chi connectivity index (χ4v) is 2.71. The number of nitrogen functional groups attached to an aromatic ring is 1. The largest absolute Gasteiger partial charge is 0.497 e. The highest BCUT2D eigenvalue weighted by molar-refractivity contribution is 7.99. The average molecular weight is 272 g/mol. The third-order valence-electron chi connectivity index (χ3n) is 2.62. The number of fused-ring (bicyclic) bond motifs is 1. The van der Waals surface area contributed by atoms with E-state index in [0.717, 1.165) is 21.3 Å². The lowest BCUT2D eigenvalue weighted by atomic mass is 10.3. The maximum atomic E-state index is 5.80. The predicted octanol–water partition coefficient (Wildman–Crippen LogP) is 2.47. The molecule has 3 rings (SSSR count). The van der Waals surface area contributed by atoms with Crippen LogP contribution in [0.1, 0.15) is 0 Å². The molecule has 0 aliphatic carbocycles. The summed E-state index contributed by atoms with van der Waals surface area (Å²) in [5.41, 5.74) is 6.59. The fourth-order valence-electron chi connectivity index (χ4n) is 1.77. The number of aromatic nitrogens is 3. The molecule has 0 spiro atoms. The Balaban J connectivity index is 2.02. The fraction of sp³-hybridized carbons (Fsp3) is 0.0769. The molecule has 2 aromatic heterocycles. The Morgan fingerprint density at radius 2 is 2.26 bits per heavy atom. The summed E-state index contributed by atoms with van der Waals surface area (Å²) in [6.07, 6.45) is 5.33. The number of benzene rings is 1. The number of anilines is 1. The Bertz CT molecular complexity index is 725. The zero-order valence-electron chi connectivity index (χ0n) is 10.3. The molecular formula is C13H12N4OS. The van der Waals surface area contributed by atoms with Crippen LogP contribution in [0.4, 0.5) is 5.82 Å². The van der Waals surface area contributed by atoms with Gasteiger partial charge in [0.15, 0.2) is 5.65 Å². The second-order valence-corrected chi connectivity index (χ2v) is 4.97. The molecular weight excluding hydrogens is 260 g/mol. The molecule has 0 saturated carbocycles. The number of ether oxygens (including phenoxy) is 1. The van der Waals surface area contributed by atoms with E-state index in [1.807, 2.05) is 34.9 Å². The first-order valence-corrected chi connectivity index (χ1v) is 6.49. The van der Waals surface area contributed by atoms with E-state index >= 15 is 0 Å². The Morgan fingerprint density at radius 3 is 3.11 bits per heavy atom. The molecule has 0 bridgehead atoms. The number of nitrogens with two attached hydrogens (primary N) is 1. The highest BCUT2D eigenvalue weighted by atomic mass is 32.2. The molecule has 96 valence electrons. The van der Waals surface area contributed by atoms with Gasteiger partial charge in [0.1, 0.15) is 16.6 Å².